The Morgan fingerprint density at radius 1 is 1.19 bits per heavy atom. The Morgan fingerprint density at radius 3 is 3.00 bits per heavy atom. The Balaban J connectivity index is 1.41. The normalized spacial score (nSPS) is 18.2. The van der Waals surface area contributed by atoms with Crippen molar-refractivity contribution in [3.8, 4) is 0 Å². The largest absolute Gasteiger partial charge is 0.384 e. The molecule has 1 atom stereocenters. The van der Waals surface area contributed by atoms with Crippen molar-refractivity contribution in [3.63, 3.8) is 0 Å². The van der Waals surface area contributed by atoms with Gasteiger partial charge in [-0.25, -0.2) is 0 Å². The van der Waals surface area contributed by atoms with Gasteiger partial charge < -0.3 is 10.6 Å². The average Bonchev–Trinajstić information content (AvgIpc) is 2.95. The molecule has 0 spiro atoms. The molecule has 0 aromatic heterocycles. The van der Waals surface area contributed by atoms with Gasteiger partial charge in [0.15, 0.2) is 0 Å². The van der Waals surface area contributed by atoms with Crippen LogP contribution in [0, 0.1) is 0 Å². The van der Waals surface area contributed by atoms with Gasteiger partial charge in [0.1, 0.15) is 0 Å². The van der Waals surface area contributed by atoms with Gasteiger partial charge in [0, 0.05) is 30.3 Å². The highest BCUT2D eigenvalue weighted by molar-refractivity contribution is 5.95. The first-order valence-electron chi connectivity index (χ1n) is 7.54. The van der Waals surface area contributed by atoms with Crippen LogP contribution in [-0.2, 0) is 12.8 Å². The molecule has 106 valence electrons. The van der Waals surface area contributed by atoms with E-state index in [1.807, 2.05) is 12.1 Å². The summed E-state index contributed by atoms with van der Waals surface area (Å²) in [6.45, 7) is 1.69. The maximum atomic E-state index is 12.3. The fraction of sp³-hybridized carbons (Fsp3) is 0.278. The number of carbonyl (C=O) groups is 1. The van der Waals surface area contributed by atoms with E-state index in [2.05, 4.69) is 41.0 Å². The Hall–Kier alpha value is -2.29. The number of hydrogen-bond donors (Lipinski definition) is 2. The van der Waals surface area contributed by atoms with Crippen molar-refractivity contribution in [1.29, 1.82) is 0 Å². The zero-order valence-electron chi connectivity index (χ0n) is 11.9. The topological polar surface area (TPSA) is 41.1 Å². The van der Waals surface area contributed by atoms with E-state index in [1.165, 1.54) is 16.7 Å². The molecule has 3 heteroatoms. The fourth-order valence-electron chi connectivity index (χ4n) is 3.29. The van der Waals surface area contributed by atoms with Crippen LogP contribution in [0.4, 0.5) is 5.69 Å². The van der Waals surface area contributed by atoms with E-state index >= 15 is 0 Å². The summed E-state index contributed by atoms with van der Waals surface area (Å²) < 4.78 is 0. The predicted octanol–water partition coefficient (Wildman–Crippen LogP) is 2.72. The third-order valence-electron chi connectivity index (χ3n) is 4.55. The van der Waals surface area contributed by atoms with Gasteiger partial charge >= 0.3 is 0 Å². The summed E-state index contributed by atoms with van der Waals surface area (Å²) in [5, 5.41) is 6.38. The highest BCUT2D eigenvalue weighted by Gasteiger charge is 2.25. The van der Waals surface area contributed by atoms with E-state index in [4.69, 9.17) is 0 Å². The molecular formula is C18H18N2O. The minimum Gasteiger partial charge on any atom is -0.384 e. The molecule has 2 aromatic rings. The van der Waals surface area contributed by atoms with Crippen LogP contribution in [0.2, 0.25) is 0 Å². The fourth-order valence-corrected chi connectivity index (χ4v) is 3.29. The van der Waals surface area contributed by atoms with Crippen molar-refractivity contribution in [2.75, 3.05) is 18.4 Å². The van der Waals surface area contributed by atoms with Crippen LogP contribution >= 0.6 is 0 Å². The summed E-state index contributed by atoms with van der Waals surface area (Å²) in [5.41, 5.74) is 5.96. The van der Waals surface area contributed by atoms with Gasteiger partial charge in [-0.3, -0.25) is 4.79 Å². The minimum atomic E-state index is 0.0240. The second kappa shape index (κ2) is 4.92. The minimum absolute atomic E-state index is 0.0240. The van der Waals surface area contributed by atoms with Crippen LogP contribution in [0.25, 0.3) is 0 Å². The summed E-state index contributed by atoms with van der Waals surface area (Å²) in [7, 11) is 0. The molecule has 3 nitrogen and oxygen atoms in total. The molecule has 4 rings (SSSR count). The summed E-state index contributed by atoms with van der Waals surface area (Å²) >= 11 is 0. The smallest absolute Gasteiger partial charge is 0.251 e. The maximum absolute atomic E-state index is 12.3. The monoisotopic (exact) mass is 278 g/mol. The third-order valence-corrected chi connectivity index (χ3v) is 4.55. The number of anilines is 1. The number of benzene rings is 2. The van der Waals surface area contributed by atoms with Gasteiger partial charge in [0.25, 0.3) is 5.91 Å². The van der Waals surface area contributed by atoms with Crippen molar-refractivity contribution in [1.82, 2.24) is 5.32 Å². The highest BCUT2D eigenvalue weighted by atomic mass is 16.1. The lowest BCUT2D eigenvalue weighted by atomic mass is 9.77. The van der Waals surface area contributed by atoms with Gasteiger partial charge in [0.2, 0.25) is 0 Å². The molecular weight excluding hydrogens is 260 g/mol. The number of rotatable bonds is 3. The number of carbonyl (C=O) groups excluding carboxylic acids is 1. The second-order valence-corrected chi connectivity index (χ2v) is 5.86. The molecule has 0 saturated carbocycles. The lowest BCUT2D eigenvalue weighted by Gasteiger charge is -2.30. The van der Waals surface area contributed by atoms with Crippen molar-refractivity contribution in [3.05, 3.63) is 64.7 Å². The quantitative estimate of drug-likeness (QED) is 0.906. The van der Waals surface area contributed by atoms with E-state index in [-0.39, 0.29) is 5.91 Å². The molecule has 1 heterocycles. The summed E-state index contributed by atoms with van der Waals surface area (Å²) in [6.07, 6.45) is 2.12. The van der Waals surface area contributed by atoms with Crippen LogP contribution in [0.3, 0.4) is 0 Å². The molecule has 2 aliphatic rings. The zero-order valence-corrected chi connectivity index (χ0v) is 11.9. The standard InChI is InChI=1S/C18H18N2O/c21-18(14-6-5-12-7-8-19-17(12)10-14)20-11-15-9-13-3-1-2-4-16(13)15/h1-6,10,15,19H,7-9,11H2,(H,20,21). The van der Waals surface area contributed by atoms with Crippen LogP contribution in [0.5, 0.6) is 0 Å². The van der Waals surface area contributed by atoms with Crippen LogP contribution in [-0.4, -0.2) is 19.0 Å². The molecule has 0 bridgehead atoms. The Bertz CT molecular complexity index is 708. The van der Waals surface area contributed by atoms with Crippen LogP contribution < -0.4 is 10.6 Å². The molecule has 0 fully saturated rings. The molecule has 1 aliphatic heterocycles. The van der Waals surface area contributed by atoms with E-state index in [0.29, 0.717) is 5.92 Å². The second-order valence-electron chi connectivity index (χ2n) is 5.86. The van der Waals surface area contributed by atoms with Crippen LogP contribution in [0.1, 0.15) is 33.0 Å². The van der Waals surface area contributed by atoms with Crippen molar-refractivity contribution < 1.29 is 4.79 Å². The summed E-state index contributed by atoms with van der Waals surface area (Å²) in [4.78, 5) is 12.3. The van der Waals surface area contributed by atoms with E-state index in [9.17, 15) is 4.79 Å². The van der Waals surface area contributed by atoms with E-state index < -0.39 is 0 Å². The zero-order chi connectivity index (χ0) is 14.2. The van der Waals surface area contributed by atoms with Gasteiger partial charge in [-0.2, -0.15) is 0 Å². The Kier molecular flexibility index (Phi) is 2.92. The first-order chi connectivity index (χ1) is 10.3. The Morgan fingerprint density at radius 2 is 2.10 bits per heavy atom. The summed E-state index contributed by atoms with van der Waals surface area (Å²) in [6, 6.07) is 14.4. The van der Waals surface area contributed by atoms with Gasteiger partial charge in [0.05, 0.1) is 0 Å². The molecule has 2 aromatic carbocycles. The van der Waals surface area contributed by atoms with Crippen molar-refractivity contribution in [2.45, 2.75) is 18.8 Å². The maximum Gasteiger partial charge on any atom is 0.251 e. The van der Waals surface area contributed by atoms with Gasteiger partial charge in [-0.05, 0) is 41.7 Å². The Labute approximate surface area is 124 Å². The van der Waals surface area contributed by atoms with E-state index in [1.54, 1.807) is 0 Å². The molecule has 2 N–H and O–H groups in total. The molecule has 1 amide bonds. The molecule has 1 unspecified atom stereocenters. The van der Waals surface area contributed by atoms with Crippen molar-refractivity contribution >= 4 is 11.6 Å². The lowest BCUT2D eigenvalue weighted by molar-refractivity contribution is 0.0950. The number of amides is 1. The number of hydrogen-bond acceptors (Lipinski definition) is 2. The number of fused-ring (bicyclic) bond motifs is 2. The predicted molar refractivity (Wildman–Crippen MR) is 83.9 cm³/mol. The van der Waals surface area contributed by atoms with Gasteiger partial charge in [-0.15, -0.1) is 0 Å². The molecule has 1 aliphatic carbocycles. The third kappa shape index (κ3) is 2.19. The lowest BCUT2D eigenvalue weighted by Crippen LogP contribution is -2.33. The number of nitrogens with one attached hydrogen (secondary N) is 2. The van der Waals surface area contributed by atoms with Crippen LogP contribution in [0.15, 0.2) is 42.5 Å². The molecule has 0 radical (unpaired) electrons. The van der Waals surface area contributed by atoms with Crippen molar-refractivity contribution in [2.24, 2.45) is 0 Å². The first kappa shape index (κ1) is 12.5. The average molecular weight is 278 g/mol. The van der Waals surface area contributed by atoms with E-state index in [0.717, 1.165) is 37.2 Å². The first-order valence-corrected chi connectivity index (χ1v) is 7.54. The highest BCUT2D eigenvalue weighted by Crippen LogP contribution is 2.34. The summed E-state index contributed by atoms with van der Waals surface area (Å²) in [5.74, 6) is 0.494. The SMILES string of the molecule is O=C(NCC1Cc2ccccc21)c1ccc2c(c1)NCC2. The molecule has 21 heavy (non-hydrogen) atoms. The van der Waals surface area contributed by atoms with Gasteiger partial charge in [-0.1, -0.05) is 30.3 Å². The molecule has 0 saturated heterocycles.